The van der Waals surface area contributed by atoms with Crippen molar-refractivity contribution in [2.24, 2.45) is 5.41 Å². The predicted molar refractivity (Wildman–Crippen MR) is 87.5 cm³/mol. The molecule has 150 valence electrons. The molecule has 0 aromatic heterocycles. The van der Waals surface area contributed by atoms with Crippen molar-refractivity contribution in [2.75, 3.05) is 13.1 Å². The highest BCUT2D eigenvalue weighted by molar-refractivity contribution is 7.87. The molecule has 1 spiro atoms. The summed E-state index contributed by atoms with van der Waals surface area (Å²) >= 11 is 0. The first-order valence-electron chi connectivity index (χ1n) is 8.45. The van der Waals surface area contributed by atoms with Crippen molar-refractivity contribution in [3.05, 3.63) is 11.8 Å². The number of nitrogens with zero attached hydrogens (tertiary/aromatic N) is 1. The molecule has 1 heterocycles. The Labute approximate surface area is 151 Å². The van der Waals surface area contributed by atoms with Crippen molar-refractivity contribution in [1.29, 1.82) is 0 Å². The number of ether oxygens (including phenoxy) is 1. The van der Waals surface area contributed by atoms with E-state index in [1.165, 1.54) is 11.0 Å². The van der Waals surface area contributed by atoms with E-state index in [2.05, 4.69) is 4.18 Å². The van der Waals surface area contributed by atoms with Gasteiger partial charge in [-0.05, 0) is 39.7 Å². The molecule has 1 aliphatic heterocycles. The largest absolute Gasteiger partial charge is 0.534 e. The average Bonchev–Trinajstić information content (AvgIpc) is 2.47. The highest BCUT2D eigenvalue weighted by atomic mass is 32.2. The lowest BCUT2D eigenvalue weighted by Crippen LogP contribution is -2.49. The number of carbonyl (C=O) groups is 1. The lowest BCUT2D eigenvalue weighted by molar-refractivity contribution is -0.0548. The van der Waals surface area contributed by atoms with E-state index in [4.69, 9.17) is 4.74 Å². The molecule has 26 heavy (non-hydrogen) atoms. The number of hydrogen-bond donors (Lipinski definition) is 0. The first kappa shape index (κ1) is 20.9. The van der Waals surface area contributed by atoms with Gasteiger partial charge in [-0.3, -0.25) is 0 Å². The first-order chi connectivity index (χ1) is 11.8. The molecular formula is C16H24F3NO5S. The van der Waals surface area contributed by atoms with Crippen LogP contribution in [0.1, 0.15) is 52.9 Å². The Morgan fingerprint density at radius 3 is 2.23 bits per heavy atom. The van der Waals surface area contributed by atoms with E-state index in [1.54, 1.807) is 20.8 Å². The maximum Gasteiger partial charge on any atom is 0.534 e. The van der Waals surface area contributed by atoms with Crippen LogP contribution in [0.15, 0.2) is 11.8 Å². The maximum absolute atomic E-state index is 12.7. The fourth-order valence-electron chi connectivity index (χ4n) is 3.30. The molecule has 1 saturated carbocycles. The van der Waals surface area contributed by atoms with Crippen molar-refractivity contribution in [3.8, 4) is 0 Å². The molecule has 0 aromatic carbocycles. The number of alkyl halides is 3. The Morgan fingerprint density at radius 1 is 1.15 bits per heavy atom. The Kier molecular flexibility index (Phi) is 5.56. The lowest BCUT2D eigenvalue weighted by Gasteiger charge is -2.44. The number of carbonyl (C=O) groups excluding carboxylic acids is 1. The smallest absolute Gasteiger partial charge is 0.444 e. The summed E-state index contributed by atoms with van der Waals surface area (Å²) in [5, 5.41) is 0. The zero-order valence-corrected chi connectivity index (χ0v) is 15.9. The summed E-state index contributed by atoms with van der Waals surface area (Å²) in [5.41, 5.74) is -7.14. The van der Waals surface area contributed by atoms with Gasteiger partial charge in [-0.1, -0.05) is 19.3 Å². The van der Waals surface area contributed by atoms with Gasteiger partial charge in [-0.15, -0.1) is 0 Å². The minimum atomic E-state index is -5.74. The maximum atomic E-state index is 12.7. The van der Waals surface area contributed by atoms with Gasteiger partial charge in [-0.2, -0.15) is 21.6 Å². The molecule has 2 rings (SSSR count). The zero-order valence-electron chi connectivity index (χ0n) is 15.1. The van der Waals surface area contributed by atoms with Crippen LogP contribution < -0.4 is 0 Å². The molecule has 0 radical (unpaired) electrons. The molecular weight excluding hydrogens is 375 g/mol. The van der Waals surface area contributed by atoms with Crippen LogP contribution in [0.3, 0.4) is 0 Å². The van der Waals surface area contributed by atoms with Crippen LogP contribution in [-0.2, 0) is 19.0 Å². The van der Waals surface area contributed by atoms with Gasteiger partial charge in [0.15, 0.2) is 0 Å². The van der Waals surface area contributed by atoms with E-state index in [0.29, 0.717) is 12.8 Å². The van der Waals surface area contributed by atoms with Crippen LogP contribution in [0.25, 0.3) is 0 Å². The van der Waals surface area contributed by atoms with Crippen LogP contribution >= 0.6 is 0 Å². The molecule has 0 saturated heterocycles. The Balaban J connectivity index is 2.28. The van der Waals surface area contributed by atoms with Gasteiger partial charge in [0.2, 0.25) is 0 Å². The molecule has 0 N–H and O–H groups in total. The molecule has 2 aliphatic rings. The monoisotopic (exact) mass is 399 g/mol. The van der Waals surface area contributed by atoms with E-state index in [1.807, 2.05) is 0 Å². The van der Waals surface area contributed by atoms with Gasteiger partial charge in [0.05, 0.1) is 0 Å². The van der Waals surface area contributed by atoms with Gasteiger partial charge in [0, 0.05) is 18.5 Å². The molecule has 6 nitrogen and oxygen atoms in total. The third kappa shape index (κ3) is 4.63. The van der Waals surface area contributed by atoms with Crippen molar-refractivity contribution in [3.63, 3.8) is 0 Å². The Bertz CT molecular complexity index is 673. The van der Waals surface area contributed by atoms with E-state index in [-0.39, 0.29) is 18.8 Å². The number of hydrogen-bond acceptors (Lipinski definition) is 5. The topological polar surface area (TPSA) is 72.9 Å². The minimum Gasteiger partial charge on any atom is -0.444 e. The summed E-state index contributed by atoms with van der Waals surface area (Å²) in [7, 11) is -5.74. The normalized spacial score (nSPS) is 21.3. The summed E-state index contributed by atoms with van der Waals surface area (Å²) in [4.78, 5) is 13.7. The fourth-order valence-corrected chi connectivity index (χ4v) is 3.88. The van der Waals surface area contributed by atoms with E-state index < -0.39 is 32.7 Å². The molecule has 10 heteroatoms. The molecule has 0 atom stereocenters. The summed E-state index contributed by atoms with van der Waals surface area (Å²) in [5.74, 6) is -0.214. The molecule has 0 bridgehead atoms. The quantitative estimate of drug-likeness (QED) is 0.520. The number of halogens is 3. The SMILES string of the molecule is CC(C)(C)OC(=O)N1CC=C(OS(=O)(=O)C(F)(F)F)C2(CCCCC2)C1. The minimum absolute atomic E-state index is 0.0701. The summed E-state index contributed by atoms with van der Waals surface area (Å²) in [6, 6.07) is 0. The molecule has 0 aromatic rings. The van der Waals surface area contributed by atoms with Gasteiger partial charge < -0.3 is 13.8 Å². The highest BCUT2D eigenvalue weighted by Crippen LogP contribution is 2.47. The predicted octanol–water partition coefficient (Wildman–Crippen LogP) is 3.94. The lowest BCUT2D eigenvalue weighted by atomic mass is 9.71. The van der Waals surface area contributed by atoms with Gasteiger partial charge in [0.25, 0.3) is 0 Å². The standard InChI is InChI=1S/C16H24F3NO5S/c1-14(2,3)24-13(21)20-10-7-12(25-26(22,23)16(17,18)19)15(11-20)8-5-4-6-9-15/h7H,4-6,8-11H2,1-3H3. The molecule has 1 fully saturated rings. The van der Waals surface area contributed by atoms with Crippen LogP contribution in [-0.4, -0.2) is 43.6 Å². The van der Waals surface area contributed by atoms with Crippen LogP contribution in [0.4, 0.5) is 18.0 Å². The zero-order chi connectivity index (χ0) is 19.8. The van der Waals surface area contributed by atoms with E-state index in [9.17, 15) is 26.4 Å². The third-order valence-corrected chi connectivity index (χ3v) is 5.42. The molecule has 1 amide bonds. The van der Waals surface area contributed by atoms with Crippen molar-refractivity contribution < 1.29 is 35.3 Å². The van der Waals surface area contributed by atoms with Gasteiger partial charge in [-0.25, -0.2) is 4.79 Å². The van der Waals surface area contributed by atoms with Crippen molar-refractivity contribution >= 4 is 16.2 Å². The third-order valence-electron chi connectivity index (χ3n) is 4.46. The fraction of sp³-hybridized carbons (Fsp3) is 0.812. The average molecular weight is 399 g/mol. The van der Waals surface area contributed by atoms with E-state index in [0.717, 1.165) is 19.3 Å². The van der Waals surface area contributed by atoms with Crippen molar-refractivity contribution in [2.45, 2.75) is 64.0 Å². The summed E-state index contributed by atoms with van der Waals surface area (Å²) in [6.45, 7) is 5.14. The second-order valence-corrected chi connectivity index (χ2v) is 9.29. The van der Waals surface area contributed by atoms with E-state index >= 15 is 0 Å². The van der Waals surface area contributed by atoms with Crippen molar-refractivity contribution in [1.82, 2.24) is 4.90 Å². The van der Waals surface area contributed by atoms with Gasteiger partial charge in [0.1, 0.15) is 11.4 Å². The second kappa shape index (κ2) is 6.94. The first-order valence-corrected chi connectivity index (χ1v) is 9.86. The van der Waals surface area contributed by atoms with Crippen LogP contribution in [0.5, 0.6) is 0 Å². The highest BCUT2D eigenvalue weighted by Gasteiger charge is 2.52. The molecule has 1 aliphatic carbocycles. The number of amides is 1. The van der Waals surface area contributed by atoms with Crippen LogP contribution in [0.2, 0.25) is 0 Å². The summed E-state index contributed by atoms with van der Waals surface area (Å²) in [6.07, 6.45) is 3.90. The summed E-state index contributed by atoms with van der Waals surface area (Å²) < 4.78 is 70.9. The Hall–Kier alpha value is -1.45. The van der Waals surface area contributed by atoms with Crippen LogP contribution in [0, 0.1) is 5.41 Å². The Morgan fingerprint density at radius 2 is 1.73 bits per heavy atom. The second-order valence-electron chi connectivity index (χ2n) is 7.75. The molecule has 0 unspecified atom stereocenters. The van der Waals surface area contributed by atoms with Gasteiger partial charge >= 0.3 is 21.7 Å². The number of rotatable bonds is 2.